The van der Waals surface area contributed by atoms with Crippen molar-refractivity contribution in [2.75, 3.05) is 5.75 Å². The van der Waals surface area contributed by atoms with Crippen LogP contribution in [0.2, 0.25) is 0 Å². The van der Waals surface area contributed by atoms with Gasteiger partial charge < -0.3 is 9.66 Å². The molecule has 0 aliphatic rings. The summed E-state index contributed by atoms with van der Waals surface area (Å²) in [6.07, 6.45) is 29.9. The maximum absolute atomic E-state index is 11.9. The summed E-state index contributed by atoms with van der Waals surface area (Å²) in [7, 11) is 0. The molecule has 4 heteroatoms. The van der Waals surface area contributed by atoms with Crippen LogP contribution >= 0.6 is 0 Å². The van der Waals surface area contributed by atoms with Crippen molar-refractivity contribution in [1.82, 2.24) is 0 Å². The van der Waals surface area contributed by atoms with Gasteiger partial charge in [-0.05, 0) is 62.5 Å². The summed E-state index contributed by atoms with van der Waals surface area (Å²) in [5.41, 5.74) is 0. The van der Waals surface area contributed by atoms with Crippen LogP contribution in [-0.4, -0.2) is 26.6 Å². The second-order valence-electron chi connectivity index (χ2n) is 6.52. The predicted octanol–water partition coefficient (Wildman–Crippen LogP) is 6.52. The molecule has 0 aliphatic carbocycles. The predicted molar refractivity (Wildman–Crippen MR) is 123 cm³/mol. The summed E-state index contributed by atoms with van der Waals surface area (Å²) >= 11 is -1.25. The molecule has 1 N–H and O–H groups in total. The summed E-state index contributed by atoms with van der Waals surface area (Å²) in [6.45, 7) is 3.92. The largest absolute Gasteiger partial charge is 0.616 e. The molecule has 0 amide bonds. The van der Waals surface area contributed by atoms with Gasteiger partial charge in [0.1, 0.15) is 5.75 Å². The number of carboxylic acid groups (broad SMARTS) is 1. The number of hydrogen-bond donors (Lipinski definition) is 1. The zero-order chi connectivity index (χ0) is 20.9. The van der Waals surface area contributed by atoms with Crippen LogP contribution in [0.4, 0.5) is 0 Å². The van der Waals surface area contributed by atoms with Gasteiger partial charge in [0.05, 0.1) is 0 Å². The van der Waals surface area contributed by atoms with Gasteiger partial charge in [-0.1, -0.05) is 74.6 Å². The molecule has 28 heavy (non-hydrogen) atoms. The van der Waals surface area contributed by atoms with Crippen LogP contribution in [0.15, 0.2) is 60.8 Å². The van der Waals surface area contributed by atoms with E-state index >= 15 is 0 Å². The Morgan fingerprint density at radius 2 is 1.29 bits per heavy atom. The van der Waals surface area contributed by atoms with E-state index in [0.717, 1.165) is 51.4 Å². The lowest BCUT2D eigenvalue weighted by atomic mass is 10.2. The minimum Gasteiger partial charge on any atom is -0.616 e. The third kappa shape index (κ3) is 16.6. The van der Waals surface area contributed by atoms with E-state index in [1.54, 1.807) is 6.92 Å². The molecule has 0 rings (SSSR count). The van der Waals surface area contributed by atoms with Gasteiger partial charge in [-0.25, -0.2) is 4.79 Å². The highest BCUT2D eigenvalue weighted by atomic mass is 32.2. The molecule has 0 radical (unpaired) electrons. The second kappa shape index (κ2) is 20.2. The summed E-state index contributed by atoms with van der Waals surface area (Å²) in [6, 6.07) is 0. The van der Waals surface area contributed by atoms with E-state index in [4.69, 9.17) is 5.11 Å². The highest BCUT2D eigenvalue weighted by Crippen LogP contribution is 2.11. The van der Waals surface area contributed by atoms with E-state index < -0.39 is 22.4 Å². The average Bonchev–Trinajstić information content (AvgIpc) is 2.67. The van der Waals surface area contributed by atoms with Crippen molar-refractivity contribution in [3.63, 3.8) is 0 Å². The Morgan fingerprint density at radius 3 is 1.71 bits per heavy atom. The van der Waals surface area contributed by atoms with Gasteiger partial charge in [0, 0.05) is 6.42 Å². The second-order valence-corrected chi connectivity index (χ2v) is 8.26. The molecule has 0 heterocycles. The Balaban J connectivity index is 3.62. The first-order chi connectivity index (χ1) is 13.6. The van der Waals surface area contributed by atoms with E-state index in [2.05, 4.69) is 67.7 Å². The van der Waals surface area contributed by atoms with E-state index in [0.29, 0.717) is 12.2 Å². The molecule has 2 atom stereocenters. The maximum atomic E-state index is 11.9. The normalized spacial score (nSPS) is 15.0. The third-order valence-electron chi connectivity index (χ3n) is 4.09. The van der Waals surface area contributed by atoms with Crippen molar-refractivity contribution in [3.8, 4) is 0 Å². The van der Waals surface area contributed by atoms with E-state index in [1.807, 2.05) is 0 Å². The van der Waals surface area contributed by atoms with Crippen LogP contribution in [0.5, 0.6) is 0 Å². The molecule has 158 valence electrons. The van der Waals surface area contributed by atoms with Gasteiger partial charge in [0.2, 0.25) is 5.25 Å². The van der Waals surface area contributed by atoms with Crippen LogP contribution < -0.4 is 0 Å². The van der Waals surface area contributed by atoms with Gasteiger partial charge in [0.15, 0.2) is 0 Å². The summed E-state index contributed by atoms with van der Waals surface area (Å²) in [5.74, 6) is -0.464. The lowest BCUT2D eigenvalue weighted by Crippen LogP contribution is -2.31. The Bertz CT molecular complexity index is 518. The van der Waals surface area contributed by atoms with E-state index in [1.165, 1.54) is 0 Å². The number of aliphatic carboxylic acids is 1. The first kappa shape index (κ1) is 26.5. The molecule has 0 aromatic carbocycles. The fourth-order valence-corrected chi connectivity index (χ4v) is 3.86. The monoisotopic (exact) mass is 406 g/mol. The van der Waals surface area contributed by atoms with Crippen LogP contribution in [0.25, 0.3) is 0 Å². The molecule has 3 nitrogen and oxygen atoms in total. The van der Waals surface area contributed by atoms with Crippen molar-refractivity contribution >= 4 is 17.1 Å². The third-order valence-corrected chi connectivity index (χ3v) is 5.95. The SMILES string of the molecule is CCC=CCC=CCC=CCC=CCC=CCCCC[S+]([O-])C(CC)C(=O)O. The van der Waals surface area contributed by atoms with Crippen molar-refractivity contribution in [2.24, 2.45) is 0 Å². The molecular weight excluding hydrogens is 368 g/mol. The molecule has 0 saturated heterocycles. The van der Waals surface area contributed by atoms with Crippen molar-refractivity contribution < 1.29 is 14.5 Å². The Hall–Kier alpha value is -1.52. The first-order valence-corrected chi connectivity index (χ1v) is 11.9. The van der Waals surface area contributed by atoms with Crippen molar-refractivity contribution in [3.05, 3.63) is 60.8 Å². The van der Waals surface area contributed by atoms with Gasteiger partial charge in [-0.15, -0.1) is 0 Å². The highest BCUT2D eigenvalue weighted by Gasteiger charge is 2.27. The Morgan fingerprint density at radius 1 is 0.821 bits per heavy atom. The number of rotatable bonds is 17. The standard InChI is InChI=1S/C24H38O3S/c1-3-5-6-7-8-9-10-11-12-13-14-15-16-17-18-19-20-21-22-28(27)23(4-2)24(25)26/h5-6,8-9,11-12,14-15,17-18,23H,3-4,7,10,13,16,19-22H2,1-2H3,(H,25,26). The van der Waals surface area contributed by atoms with E-state index in [-0.39, 0.29) is 0 Å². The number of hydrogen-bond acceptors (Lipinski definition) is 2. The number of carbonyl (C=O) groups is 1. The fourth-order valence-electron chi connectivity index (χ4n) is 2.49. The molecule has 0 aromatic rings. The van der Waals surface area contributed by atoms with Gasteiger partial charge in [0.25, 0.3) is 0 Å². The Kier molecular flexibility index (Phi) is 19.1. The first-order valence-electron chi connectivity index (χ1n) is 10.5. The molecule has 0 aliphatic heterocycles. The summed E-state index contributed by atoms with van der Waals surface area (Å²) in [5, 5.41) is 8.26. The molecule has 0 bridgehead atoms. The molecule has 0 saturated carbocycles. The topological polar surface area (TPSA) is 60.4 Å². The summed E-state index contributed by atoms with van der Waals surface area (Å²) in [4.78, 5) is 10.9. The molecular formula is C24H38O3S. The molecule has 0 aromatic heterocycles. The number of carboxylic acids is 1. The van der Waals surface area contributed by atoms with Gasteiger partial charge in [-0.2, -0.15) is 0 Å². The Labute approximate surface area is 175 Å². The minimum absolute atomic E-state index is 0.427. The average molecular weight is 407 g/mol. The van der Waals surface area contributed by atoms with Crippen molar-refractivity contribution in [1.29, 1.82) is 0 Å². The van der Waals surface area contributed by atoms with Gasteiger partial charge >= 0.3 is 5.97 Å². The van der Waals surface area contributed by atoms with Crippen LogP contribution in [0.1, 0.15) is 71.6 Å². The zero-order valence-electron chi connectivity index (χ0n) is 17.6. The zero-order valence-corrected chi connectivity index (χ0v) is 18.4. The van der Waals surface area contributed by atoms with E-state index in [9.17, 15) is 9.35 Å². The smallest absolute Gasteiger partial charge is 0.357 e. The minimum atomic E-state index is -1.25. The maximum Gasteiger partial charge on any atom is 0.357 e. The van der Waals surface area contributed by atoms with Crippen LogP contribution in [0, 0.1) is 0 Å². The molecule has 2 unspecified atom stereocenters. The number of allylic oxidation sites excluding steroid dienone is 10. The van der Waals surface area contributed by atoms with Crippen LogP contribution in [0.3, 0.4) is 0 Å². The van der Waals surface area contributed by atoms with Crippen LogP contribution in [-0.2, 0) is 16.0 Å². The summed E-state index contributed by atoms with van der Waals surface area (Å²) < 4.78 is 11.9. The van der Waals surface area contributed by atoms with Crippen molar-refractivity contribution in [2.45, 2.75) is 76.9 Å². The fraction of sp³-hybridized carbons (Fsp3) is 0.542. The number of unbranched alkanes of at least 4 members (excludes halogenated alkanes) is 2. The van der Waals surface area contributed by atoms with Gasteiger partial charge in [-0.3, -0.25) is 0 Å². The highest BCUT2D eigenvalue weighted by molar-refractivity contribution is 7.92. The molecule has 0 spiro atoms. The lowest BCUT2D eigenvalue weighted by molar-refractivity contribution is -0.136. The lowest BCUT2D eigenvalue weighted by Gasteiger charge is -2.16. The quantitative estimate of drug-likeness (QED) is 0.170. The molecule has 0 fully saturated rings.